The van der Waals surface area contributed by atoms with Crippen LogP contribution in [0.15, 0.2) is 106 Å². The second-order valence-corrected chi connectivity index (χ2v) is 11.9. The molecule has 7 nitrogen and oxygen atoms in total. The minimum atomic E-state index is -0.686. The first-order valence-corrected chi connectivity index (χ1v) is 14.6. The van der Waals surface area contributed by atoms with E-state index in [1.165, 1.54) is 0 Å². The molecule has 6 aliphatic rings. The molecule has 1 aliphatic carbocycles. The lowest BCUT2D eigenvalue weighted by Crippen LogP contribution is -2.15. The van der Waals surface area contributed by atoms with Gasteiger partial charge in [0, 0.05) is 52.8 Å². The quantitative estimate of drug-likeness (QED) is 0.368. The Balaban J connectivity index is 1.62. The molecule has 41 heavy (non-hydrogen) atoms. The molecule has 0 aromatic carbocycles. The van der Waals surface area contributed by atoms with Crippen molar-refractivity contribution in [2.45, 2.75) is 80.3 Å². The van der Waals surface area contributed by atoms with Crippen molar-refractivity contribution in [2.75, 3.05) is 0 Å². The predicted octanol–water partition coefficient (Wildman–Crippen LogP) is 6.41. The Kier molecular flexibility index (Phi) is 6.61. The van der Waals surface area contributed by atoms with E-state index < -0.39 is 6.10 Å². The molecule has 8 bridgehead atoms. The molecular formula is C34H38N4O3. The summed E-state index contributed by atoms with van der Waals surface area (Å²) in [6.07, 6.45) is 7.84. The Hall–Kier alpha value is -3.84. The molecule has 0 aromatic heterocycles. The lowest BCUT2D eigenvalue weighted by Gasteiger charge is -2.17. The highest BCUT2D eigenvalue weighted by Gasteiger charge is 2.41. The summed E-state index contributed by atoms with van der Waals surface area (Å²) in [5.74, 6) is 0.677. The first-order valence-electron chi connectivity index (χ1n) is 14.6. The van der Waals surface area contributed by atoms with Gasteiger partial charge in [-0.1, -0.05) is 13.8 Å². The minimum Gasteiger partial charge on any atom is -0.511 e. The molecule has 3 N–H and O–H groups in total. The van der Waals surface area contributed by atoms with E-state index in [0.717, 1.165) is 91.1 Å². The van der Waals surface area contributed by atoms with Crippen LogP contribution in [0.2, 0.25) is 0 Å². The van der Waals surface area contributed by atoms with E-state index in [9.17, 15) is 15.0 Å². The maximum atomic E-state index is 12.0. The molecule has 0 radical (unpaired) electrons. The standard InChI is InChI=1S/C34H38N4O3/c1-8-21-16(3)24-14-29-31(20(7)40)18(5)26(36-29)12-25-17(4)22(10-9-15(2)39)33(37-25)23-11-30(41)32-19(6)27(38-34(23)32)13-28(21)35-24/h12-14,17,20,22,37,40-41H,8-11H2,1-7H3/t17-,20?,22-/m0/s1. The average molecular weight is 551 g/mol. The Labute approximate surface area is 241 Å². The molecule has 1 fully saturated rings. The monoisotopic (exact) mass is 550 g/mol. The molecule has 5 heterocycles. The van der Waals surface area contributed by atoms with Crippen LogP contribution in [0.3, 0.4) is 0 Å². The van der Waals surface area contributed by atoms with Crippen LogP contribution in [0.4, 0.5) is 0 Å². The van der Waals surface area contributed by atoms with E-state index in [2.05, 4.69) is 32.2 Å². The zero-order chi connectivity index (χ0) is 29.3. The van der Waals surface area contributed by atoms with Crippen LogP contribution in [0.1, 0.15) is 74.1 Å². The van der Waals surface area contributed by atoms with Crippen molar-refractivity contribution >= 4 is 22.9 Å². The van der Waals surface area contributed by atoms with Crippen LogP contribution in [-0.4, -0.2) is 39.2 Å². The van der Waals surface area contributed by atoms with Crippen LogP contribution in [-0.2, 0) is 4.79 Å². The third-order valence-electron chi connectivity index (χ3n) is 9.33. The lowest BCUT2D eigenvalue weighted by atomic mass is 9.85. The molecule has 6 rings (SSSR count). The van der Waals surface area contributed by atoms with Crippen molar-refractivity contribution in [2.24, 2.45) is 26.8 Å². The maximum absolute atomic E-state index is 12.0. The molecule has 5 aliphatic heterocycles. The number of ketones is 1. The normalized spacial score (nSPS) is 26.0. The van der Waals surface area contributed by atoms with E-state index in [0.29, 0.717) is 25.0 Å². The summed E-state index contributed by atoms with van der Waals surface area (Å²) >= 11 is 0. The lowest BCUT2D eigenvalue weighted by molar-refractivity contribution is -0.117. The zero-order valence-corrected chi connectivity index (χ0v) is 24.9. The highest BCUT2D eigenvalue weighted by atomic mass is 16.3. The van der Waals surface area contributed by atoms with Gasteiger partial charge in [0.2, 0.25) is 0 Å². The highest BCUT2D eigenvalue weighted by molar-refractivity contribution is 6.21. The topological polar surface area (TPSA) is 107 Å². The van der Waals surface area contributed by atoms with Crippen LogP contribution in [0, 0.1) is 11.8 Å². The summed E-state index contributed by atoms with van der Waals surface area (Å²) in [6.45, 7) is 13.8. The van der Waals surface area contributed by atoms with E-state index in [-0.39, 0.29) is 17.6 Å². The molecular weight excluding hydrogens is 512 g/mol. The summed E-state index contributed by atoms with van der Waals surface area (Å²) < 4.78 is 0. The van der Waals surface area contributed by atoms with Gasteiger partial charge in [0.1, 0.15) is 11.5 Å². The van der Waals surface area contributed by atoms with E-state index >= 15 is 0 Å². The molecule has 0 saturated carbocycles. The third kappa shape index (κ3) is 4.29. The Morgan fingerprint density at radius 2 is 1.76 bits per heavy atom. The number of carbonyl (C=O) groups excluding carboxylic acids is 1. The smallest absolute Gasteiger partial charge is 0.129 e. The average Bonchev–Trinajstić information content (AvgIpc) is 3.65. The number of hydrogen-bond donors (Lipinski definition) is 3. The molecule has 0 spiro atoms. The van der Waals surface area contributed by atoms with E-state index in [1.807, 2.05) is 26.0 Å². The predicted molar refractivity (Wildman–Crippen MR) is 164 cm³/mol. The Morgan fingerprint density at radius 1 is 1.05 bits per heavy atom. The van der Waals surface area contributed by atoms with Gasteiger partial charge in [-0.2, -0.15) is 0 Å². The van der Waals surface area contributed by atoms with Crippen molar-refractivity contribution in [1.29, 1.82) is 0 Å². The van der Waals surface area contributed by atoms with Crippen molar-refractivity contribution in [3.8, 4) is 0 Å². The van der Waals surface area contributed by atoms with E-state index in [1.54, 1.807) is 13.8 Å². The molecule has 1 unspecified atom stereocenters. The van der Waals surface area contributed by atoms with Gasteiger partial charge in [-0.3, -0.25) is 0 Å². The largest absolute Gasteiger partial charge is 0.511 e. The number of aliphatic hydroxyl groups is 2. The SMILES string of the molecule is CCC1=C(C)C2=NC1=CC1=C(C)C3=C(O)CC(=C4NC(=CC5=NC(=C2)C(C(C)O)=C5C)[C@@H](C)[C@@H]4CCC(C)=O)C3=N1. The molecule has 212 valence electrons. The number of nitrogens with one attached hydrogen (secondary N) is 1. The highest BCUT2D eigenvalue weighted by Crippen LogP contribution is 2.46. The molecule has 7 heteroatoms. The number of fused-ring (bicyclic) bond motifs is 5. The number of nitrogens with zero attached hydrogens (tertiary/aromatic N) is 3. The van der Waals surface area contributed by atoms with Gasteiger partial charge in [-0.25, -0.2) is 15.0 Å². The number of aliphatic hydroxyl groups excluding tert-OH is 2. The van der Waals surface area contributed by atoms with Gasteiger partial charge in [-0.05, 0) is 88.0 Å². The summed E-state index contributed by atoms with van der Waals surface area (Å²) in [7, 11) is 0. The fourth-order valence-corrected chi connectivity index (χ4v) is 7.01. The van der Waals surface area contributed by atoms with Crippen molar-refractivity contribution in [3.63, 3.8) is 0 Å². The molecule has 1 saturated heterocycles. The van der Waals surface area contributed by atoms with Gasteiger partial charge in [0.25, 0.3) is 0 Å². The van der Waals surface area contributed by atoms with Gasteiger partial charge in [0.05, 0.1) is 40.3 Å². The van der Waals surface area contributed by atoms with Gasteiger partial charge in [-0.15, -0.1) is 0 Å². The Bertz CT molecular complexity index is 1660. The number of hydrogen-bond acceptors (Lipinski definition) is 7. The number of carbonyl (C=O) groups is 1. The number of rotatable bonds is 5. The zero-order valence-electron chi connectivity index (χ0n) is 24.9. The van der Waals surface area contributed by atoms with Gasteiger partial charge >= 0.3 is 0 Å². The van der Waals surface area contributed by atoms with Crippen LogP contribution < -0.4 is 5.32 Å². The first kappa shape index (κ1) is 27.3. The number of aliphatic imine (C=N–C) groups is 3. The summed E-state index contributed by atoms with van der Waals surface area (Å²) in [5.41, 5.74) is 13.6. The minimum absolute atomic E-state index is 0.0739. The van der Waals surface area contributed by atoms with Gasteiger partial charge in [0.15, 0.2) is 0 Å². The second kappa shape index (κ2) is 9.91. The fourth-order valence-electron chi connectivity index (χ4n) is 7.01. The number of Topliss-reactive ketones (excluding diaryl/α,β-unsaturated/α-hetero) is 1. The first-order chi connectivity index (χ1) is 19.5. The summed E-state index contributed by atoms with van der Waals surface area (Å²) in [5, 5.41) is 25.7. The summed E-state index contributed by atoms with van der Waals surface area (Å²) in [6, 6.07) is 0. The van der Waals surface area contributed by atoms with Crippen molar-refractivity contribution in [1.82, 2.24) is 5.32 Å². The molecule has 3 atom stereocenters. The van der Waals surface area contributed by atoms with Crippen molar-refractivity contribution in [3.05, 3.63) is 91.5 Å². The maximum Gasteiger partial charge on any atom is 0.129 e. The van der Waals surface area contributed by atoms with Crippen LogP contribution in [0.25, 0.3) is 0 Å². The number of allylic oxidation sites excluding steroid dienone is 11. The molecule has 0 aromatic rings. The fraction of sp³-hybridized carbons (Fsp3) is 0.412. The van der Waals surface area contributed by atoms with Gasteiger partial charge < -0.3 is 20.3 Å². The van der Waals surface area contributed by atoms with Crippen LogP contribution in [0.5, 0.6) is 0 Å². The Morgan fingerprint density at radius 3 is 2.44 bits per heavy atom. The van der Waals surface area contributed by atoms with Crippen LogP contribution >= 0.6 is 0 Å². The van der Waals surface area contributed by atoms with E-state index in [4.69, 9.17) is 15.0 Å². The second-order valence-electron chi connectivity index (χ2n) is 11.9. The van der Waals surface area contributed by atoms with Crippen molar-refractivity contribution < 1.29 is 15.0 Å². The summed E-state index contributed by atoms with van der Waals surface area (Å²) in [4.78, 5) is 27.2. The third-order valence-corrected chi connectivity index (χ3v) is 9.33. The molecule has 0 amide bonds.